The van der Waals surface area contributed by atoms with E-state index in [9.17, 15) is 0 Å². The molecule has 0 aromatic rings. The lowest BCUT2D eigenvalue weighted by Gasteiger charge is -2.00. The second-order valence-corrected chi connectivity index (χ2v) is 5.21. The fourth-order valence-electron chi connectivity index (χ4n) is 2.03. The summed E-state index contributed by atoms with van der Waals surface area (Å²) in [4.78, 5) is 0. The number of allylic oxidation sites excluding steroid dienone is 7. The fraction of sp³-hybridized carbons (Fsp3) is 0.550. The van der Waals surface area contributed by atoms with Gasteiger partial charge in [-0.15, -0.1) is 0 Å². The van der Waals surface area contributed by atoms with Crippen LogP contribution in [0.5, 0.6) is 0 Å². The van der Waals surface area contributed by atoms with Gasteiger partial charge in [0.15, 0.2) is 0 Å². The summed E-state index contributed by atoms with van der Waals surface area (Å²) in [5.74, 6) is 0. The van der Waals surface area contributed by atoms with Crippen LogP contribution in [0.4, 0.5) is 0 Å². The molecule has 0 aromatic carbocycles. The minimum Gasteiger partial charge on any atom is -0.0991 e. The maximum atomic E-state index is 3.63. The maximum Gasteiger partial charge on any atom is -0.0348 e. The highest BCUT2D eigenvalue weighted by molar-refractivity contribution is 5.14. The summed E-state index contributed by atoms with van der Waals surface area (Å²) in [6, 6.07) is 0. The Morgan fingerprint density at radius 2 is 1.25 bits per heavy atom. The maximum absolute atomic E-state index is 3.63. The normalized spacial score (nSPS) is 12.1. The van der Waals surface area contributed by atoms with Crippen molar-refractivity contribution in [3.05, 3.63) is 55.5 Å². The number of hydrogen-bond acceptors (Lipinski definition) is 0. The Kier molecular flexibility index (Phi) is 17.0. The zero-order valence-corrected chi connectivity index (χ0v) is 13.4. The predicted molar refractivity (Wildman–Crippen MR) is 93.8 cm³/mol. The van der Waals surface area contributed by atoms with E-state index in [4.69, 9.17) is 0 Å². The van der Waals surface area contributed by atoms with E-state index in [2.05, 4.69) is 38.2 Å². The Labute approximate surface area is 127 Å². The highest BCUT2D eigenvalue weighted by Crippen LogP contribution is 2.10. The van der Waals surface area contributed by atoms with Gasteiger partial charge in [-0.3, -0.25) is 0 Å². The topological polar surface area (TPSA) is 0 Å². The standard InChI is InChI=1S/C20H33/c1-3-5-7-9-11-13-15-17-19-20-18-16-14-12-10-8-6-4-2/h3,5,7,9,11,13-15H,1,4,6,8,10,12,16-20H2,2H3/b7-5+,11-9+,15-13+. The summed E-state index contributed by atoms with van der Waals surface area (Å²) in [6.45, 7) is 5.90. The first-order valence-electron chi connectivity index (χ1n) is 8.34. The largest absolute Gasteiger partial charge is 0.0991 e. The molecule has 0 bridgehead atoms. The Morgan fingerprint density at radius 1 is 0.650 bits per heavy atom. The first-order chi connectivity index (χ1) is 9.91. The van der Waals surface area contributed by atoms with Crippen molar-refractivity contribution in [2.24, 2.45) is 0 Å². The van der Waals surface area contributed by atoms with E-state index < -0.39 is 0 Å². The average Bonchev–Trinajstić information content (AvgIpc) is 2.47. The first-order valence-corrected chi connectivity index (χ1v) is 8.34. The molecule has 0 heteroatoms. The van der Waals surface area contributed by atoms with Gasteiger partial charge in [0.25, 0.3) is 0 Å². The molecule has 0 unspecified atom stereocenters. The molecule has 0 atom stereocenters. The highest BCUT2D eigenvalue weighted by atomic mass is 14.0. The van der Waals surface area contributed by atoms with Crippen molar-refractivity contribution in [1.82, 2.24) is 0 Å². The van der Waals surface area contributed by atoms with Gasteiger partial charge >= 0.3 is 0 Å². The molecule has 1 radical (unpaired) electrons. The third kappa shape index (κ3) is 17.0. The van der Waals surface area contributed by atoms with Crippen molar-refractivity contribution < 1.29 is 0 Å². The SMILES string of the molecule is C=C/C=C/C=C/C=C/CCCCC[CH]CCCCCC. The summed E-state index contributed by atoms with van der Waals surface area (Å²) >= 11 is 0. The van der Waals surface area contributed by atoms with Gasteiger partial charge in [-0.25, -0.2) is 0 Å². The van der Waals surface area contributed by atoms with E-state index in [-0.39, 0.29) is 0 Å². The molecule has 0 saturated carbocycles. The highest BCUT2D eigenvalue weighted by Gasteiger charge is 1.91. The van der Waals surface area contributed by atoms with Gasteiger partial charge in [-0.1, -0.05) is 107 Å². The summed E-state index contributed by atoms with van der Waals surface area (Å²) in [7, 11) is 0. The van der Waals surface area contributed by atoms with Crippen LogP contribution in [0.2, 0.25) is 0 Å². The lowest BCUT2D eigenvalue weighted by atomic mass is 10.1. The van der Waals surface area contributed by atoms with Gasteiger partial charge in [0.1, 0.15) is 0 Å². The zero-order valence-electron chi connectivity index (χ0n) is 13.4. The molecular formula is C20H33. The molecule has 0 N–H and O–H groups in total. The van der Waals surface area contributed by atoms with Crippen LogP contribution in [0.15, 0.2) is 49.1 Å². The zero-order chi connectivity index (χ0) is 14.7. The molecule has 0 spiro atoms. The minimum absolute atomic E-state index is 1.20. The minimum atomic E-state index is 1.20. The van der Waals surface area contributed by atoms with Gasteiger partial charge in [0, 0.05) is 0 Å². The summed E-state index contributed by atoms with van der Waals surface area (Å²) in [6.07, 6.45) is 30.1. The monoisotopic (exact) mass is 273 g/mol. The van der Waals surface area contributed by atoms with Gasteiger partial charge < -0.3 is 0 Å². The van der Waals surface area contributed by atoms with Crippen LogP contribution >= 0.6 is 0 Å². The van der Waals surface area contributed by atoms with E-state index in [0.717, 1.165) is 0 Å². The fourth-order valence-corrected chi connectivity index (χ4v) is 2.03. The van der Waals surface area contributed by atoms with E-state index in [0.29, 0.717) is 0 Å². The van der Waals surface area contributed by atoms with Gasteiger partial charge in [-0.05, 0) is 19.3 Å². The average molecular weight is 273 g/mol. The molecular weight excluding hydrogens is 240 g/mol. The number of rotatable bonds is 14. The van der Waals surface area contributed by atoms with Crippen LogP contribution < -0.4 is 0 Å². The van der Waals surface area contributed by atoms with Crippen molar-refractivity contribution in [1.29, 1.82) is 0 Å². The second kappa shape index (κ2) is 18.0. The lowest BCUT2D eigenvalue weighted by molar-refractivity contribution is 0.627. The molecule has 113 valence electrons. The van der Waals surface area contributed by atoms with Crippen LogP contribution in [-0.2, 0) is 0 Å². The van der Waals surface area contributed by atoms with Crippen LogP contribution in [-0.4, -0.2) is 0 Å². The Bertz CT molecular complexity index is 268. The molecule has 0 aliphatic rings. The molecule has 0 heterocycles. The van der Waals surface area contributed by atoms with Gasteiger partial charge in [0.05, 0.1) is 0 Å². The van der Waals surface area contributed by atoms with Crippen LogP contribution in [0, 0.1) is 6.42 Å². The predicted octanol–water partition coefficient (Wildman–Crippen LogP) is 6.97. The van der Waals surface area contributed by atoms with Crippen molar-refractivity contribution in [3.8, 4) is 0 Å². The second-order valence-electron chi connectivity index (χ2n) is 5.21. The number of unbranched alkanes of at least 4 members (excludes halogenated alkanes) is 10. The summed E-state index contributed by atoms with van der Waals surface area (Å²) in [5.41, 5.74) is 0. The number of hydrogen-bond donors (Lipinski definition) is 0. The van der Waals surface area contributed by atoms with Crippen LogP contribution in [0.1, 0.15) is 71.1 Å². The van der Waals surface area contributed by atoms with Crippen molar-refractivity contribution in [2.45, 2.75) is 71.1 Å². The lowest BCUT2D eigenvalue weighted by Crippen LogP contribution is -1.82. The van der Waals surface area contributed by atoms with Gasteiger partial charge in [0.2, 0.25) is 0 Å². The van der Waals surface area contributed by atoms with Gasteiger partial charge in [-0.2, -0.15) is 0 Å². The first kappa shape index (κ1) is 19.0. The smallest absolute Gasteiger partial charge is 0.0348 e. The molecule has 0 saturated heterocycles. The molecule has 0 amide bonds. The molecule has 0 rings (SSSR count). The summed E-state index contributed by atoms with van der Waals surface area (Å²) < 4.78 is 0. The quantitative estimate of drug-likeness (QED) is 0.237. The Hall–Kier alpha value is -1.04. The van der Waals surface area contributed by atoms with E-state index >= 15 is 0 Å². The molecule has 20 heavy (non-hydrogen) atoms. The molecule has 0 fully saturated rings. The third-order valence-electron chi connectivity index (χ3n) is 3.26. The van der Waals surface area contributed by atoms with Crippen molar-refractivity contribution in [2.75, 3.05) is 0 Å². The van der Waals surface area contributed by atoms with Crippen LogP contribution in [0.3, 0.4) is 0 Å². The molecule has 0 aliphatic carbocycles. The van der Waals surface area contributed by atoms with Crippen molar-refractivity contribution in [3.63, 3.8) is 0 Å². The third-order valence-corrected chi connectivity index (χ3v) is 3.26. The van der Waals surface area contributed by atoms with E-state index in [1.807, 2.05) is 18.2 Å². The van der Waals surface area contributed by atoms with Crippen LogP contribution in [0.25, 0.3) is 0 Å². The molecule has 0 nitrogen and oxygen atoms in total. The van der Waals surface area contributed by atoms with Crippen molar-refractivity contribution >= 4 is 0 Å². The molecule has 0 aromatic heterocycles. The summed E-state index contributed by atoms with van der Waals surface area (Å²) in [5, 5.41) is 0. The molecule has 0 aliphatic heterocycles. The van der Waals surface area contributed by atoms with E-state index in [1.54, 1.807) is 6.08 Å². The van der Waals surface area contributed by atoms with E-state index in [1.165, 1.54) is 64.2 Å². The Morgan fingerprint density at radius 3 is 1.95 bits per heavy atom. The Balaban J connectivity index is 3.16.